The van der Waals surface area contributed by atoms with Crippen LogP contribution in [-0.4, -0.2) is 38.3 Å². The van der Waals surface area contributed by atoms with Crippen molar-refractivity contribution in [1.82, 2.24) is 30.5 Å². The van der Waals surface area contributed by atoms with Crippen molar-refractivity contribution in [3.05, 3.63) is 29.6 Å². The van der Waals surface area contributed by atoms with E-state index in [0.717, 1.165) is 30.4 Å². The summed E-state index contributed by atoms with van der Waals surface area (Å²) in [5.41, 5.74) is 1.46. The molecule has 0 unspecified atom stereocenters. The Kier molecular flexibility index (Phi) is 5.46. The Morgan fingerprint density at radius 1 is 1.50 bits per heavy atom. The van der Waals surface area contributed by atoms with E-state index in [1.807, 2.05) is 12.1 Å². The Labute approximate surface area is 121 Å². The Hall–Kier alpha value is -1.98. The average molecular weight is 289 g/mol. The summed E-state index contributed by atoms with van der Waals surface area (Å²) >= 11 is 1.55. The number of tetrazole rings is 1. The fourth-order valence-electron chi connectivity index (χ4n) is 1.58. The molecule has 0 spiro atoms. The highest BCUT2D eigenvalue weighted by molar-refractivity contribution is 7.98. The maximum Gasteiger partial charge on any atom is 0.209 e. The number of rotatable bonds is 7. The first-order valence-electron chi connectivity index (χ1n) is 6.28. The zero-order valence-electron chi connectivity index (χ0n) is 11.2. The molecule has 0 radical (unpaired) electrons. The van der Waals surface area contributed by atoms with Crippen LogP contribution in [0.2, 0.25) is 0 Å². The first-order valence-corrected chi connectivity index (χ1v) is 7.26. The maximum atomic E-state index is 8.82. The van der Waals surface area contributed by atoms with Gasteiger partial charge in [-0.2, -0.15) is 5.26 Å². The second kappa shape index (κ2) is 7.57. The highest BCUT2D eigenvalue weighted by Gasteiger charge is 2.07. The standard InChI is InChI=1S/C12H15N7S/c1-2-14-5-6-19-12(16-17-18-19)20-9-10-3-4-15-11(7-10)8-13/h3-4,7,14H,2,5-6,9H2,1H3. The number of thioether (sulfide) groups is 1. The number of nitrogens with one attached hydrogen (secondary N) is 1. The van der Waals surface area contributed by atoms with Gasteiger partial charge in [0, 0.05) is 18.5 Å². The summed E-state index contributed by atoms with van der Waals surface area (Å²) in [6.45, 7) is 4.57. The third-order valence-corrected chi connectivity index (χ3v) is 3.58. The van der Waals surface area contributed by atoms with E-state index in [1.165, 1.54) is 0 Å². The van der Waals surface area contributed by atoms with Crippen LogP contribution in [0.3, 0.4) is 0 Å². The summed E-state index contributed by atoms with van der Waals surface area (Å²) in [6.07, 6.45) is 1.64. The van der Waals surface area contributed by atoms with Crippen LogP contribution < -0.4 is 5.32 Å². The molecule has 0 aliphatic heterocycles. The van der Waals surface area contributed by atoms with Crippen molar-refractivity contribution in [2.75, 3.05) is 13.1 Å². The molecular formula is C12H15N7S. The number of pyridine rings is 1. The first-order chi connectivity index (χ1) is 9.83. The average Bonchev–Trinajstić information content (AvgIpc) is 2.93. The lowest BCUT2D eigenvalue weighted by molar-refractivity contribution is 0.517. The van der Waals surface area contributed by atoms with Crippen molar-refractivity contribution in [1.29, 1.82) is 5.26 Å². The zero-order valence-corrected chi connectivity index (χ0v) is 12.0. The van der Waals surface area contributed by atoms with E-state index >= 15 is 0 Å². The zero-order chi connectivity index (χ0) is 14.2. The highest BCUT2D eigenvalue weighted by atomic mass is 32.2. The van der Waals surface area contributed by atoms with Crippen LogP contribution >= 0.6 is 11.8 Å². The van der Waals surface area contributed by atoms with Crippen molar-refractivity contribution < 1.29 is 0 Å². The van der Waals surface area contributed by atoms with Gasteiger partial charge in [-0.25, -0.2) is 9.67 Å². The molecule has 7 nitrogen and oxygen atoms in total. The van der Waals surface area contributed by atoms with Gasteiger partial charge in [0.1, 0.15) is 11.8 Å². The molecule has 1 N–H and O–H groups in total. The van der Waals surface area contributed by atoms with Crippen molar-refractivity contribution in [3.8, 4) is 6.07 Å². The van der Waals surface area contributed by atoms with Crippen LogP contribution in [0.1, 0.15) is 18.2 Å². The van der Waals surface area contributed by atoms with Gasteiger partial charge in [-0.3, -0.25) is 0 Å². The third kappa shape index (κ3) is 4.01. The number of nitrogens with zero attached hydrogens (tertiary/aromatic N) is 6. The largest absolute Gasteiger partial charge is 0.315 e. The molecule has 0 bridgehead atoms. The predicted molar refractivity (Wildman–Crippen MR) is 74.9 cm³/mol. The molecule has 0 fully saturated rings. The van der Waals surface area contributed by atoms with Crippen LogP contribution in [0.5, 0.6) is 0 Å². The molecule has 2 aromatic heterocycles. The van der Waals surface area contributed by atoms with Crippen molar-refractivity contribution in [3.63, 3.8) is 0 Å². The SMILES string of the molecule is CCNCCn1nnnc1SCc1ccnc(C#N)c1. The quantitative estimate of drug-likeness (QED) is 0.596. The fourth-order valence-corrected chi connectivity index (χ4v) is 2.42. The molecule has 0 aliphatic carbocycles. The molecule has 104 valence electrons. The van der Waals surface area contributed by atoms with Crippen LogP contribution in [0, 0.1) is 11.3 Å². The monoisotopic (exact) mass is 289 g/mol. The Bertz CT molecular complexity index is 589. The Morgan fingerprint density at radius 2 is 2.40 bits per heavy atom. The van der Waals surface area contributed by atoms with E-state index in [9.17, 15) is 0 Å². The van der Waals surface area contributed by atoms with E-state index in [0.29, 0.717) is 11.4 Å². The van der Waals surface area contributed by atoms with Crippen molar-refractivity contribution in [2.45, 2.75) is 24.4 Å². The minimum atomic E-state index is 0.426. The number of hydrogen-bond donors (Lipinski definition) is 1. The normalized spacial score (nSPS) is 10.4. The van der Waals surface area contributed by atoms with Crippen LogP contribution in [0.4, 0.5) is 0 Å². The molecule has 0 aromatic carbocycles. The molecule has 0 amide bonds. The summed E-state index contributed by atoms with van der Waals surface area (Å²) in [5.74, 6) is 0.707. The van der Waals surface area contributed by atoms with Gasteiger partial charge >= 0.3 is 0 Å². The summed E-state index contributed by atoms with van der Waals surface area (Å²) in [6, 6.07) is 5.70. The number of aromatic nitrogens is 5. The van der Waals surface area contributed by atoms with E-state index in [4.69, 9.17) is 5.26 Å². The van der Waals surface area contributed by atoms with Crippen molar-refractivity contribution >= 4 is 11.8 Å². The summed E-state index contributed by atoms with van der Waals surface area (Å²) in [5, 5.41) is 24.5. The molecule has 0 atom stereocenters. The maximum absolute atomic E-state index is 8.82. The summed E-state index contributed by atoms with van der Waals surface area (Å²) < 4.78 is 1.78. The lowest BCUT2D eigenvalue weighted by Gasteiger charge is -2.04. The van der Waals surface area contributed by atoms with Gasteiger partial charge < -0.3 is 5.32 Å². The molecule has 2 heterocycles. The first kappa shape index (κ1) is 14.4. The van der Waals surface area contributed by atoms with Crippen molar-refractivity contribution in [2.24, 2.45) is 0 Å². The molecule has 0 aliphatic rings. The summed E-state index contributed by atoms with van der Waals surface area (Å²) in [4.78, 5) is 3.95. The van der Waals surface area contributed by atoms with E-state index in [2.05, 4.69) is 32.7 Å². The molecule has 20 heavy (non-hydrogen) atoms. The van der Waals surface area contributed by atoms with Crippen LogP contribution in [0.25, 0.3) is 0 Å². The third-order valence-electron chi connectivity index (χ3n) is 2.56. The van der Waals surface area contributed by atoms with E-state index in [1.54, 1.807) is 28.7 Å². The highest BCUT2D eigenvalue weighted by Crippen LogP contribution is 2.19. The van der Waals surface area contributed by atoms with E-state index < -0.39 is 0 Å². The Morgan fingerprint density at radius 3 is 3.20 bits per heavy atom. The van der Waals surface area contributed by atoms with Crippen LogP contribution in [0.15, 0.2) is 23.5 Å². The second-order valence-electron chi connectivity index (χ2n) is 3.99. The van der Waals surface area contributed by atoms with E-state index in [-0.39, 0.29) is 0 Å². The fraction of sp³-hybridized carbons (Fsp3) is 0.417. The topological polar surface area (TPSA) is 92.3 Å². The number of hydrogen-bond acceptors (Lipinski definition) is 7. The number of likely N-dealkylation sites (N-methyl/N-ethyl adjacent to an activating group) is 1. The lowest BCUT2D eigenvalue weighted by atomic mass is 10.2. The molecule has 2 rings (SSSR count). The second-order valence-corrected chi connectivity index (χ2v) is 4.93. The molecule has 0 saturated carbocycles. The smallest absolute Gasteiger partial charge is 0.209 e. The molecule has 8 heteroatoms. The van der Waals surface area contributed by atoms with Gasteiger partial charge in [-0.1, -0.05) is 18.7 Å². The molecular weight excluding hydrogens is 274 g/mol. The number of nitriles is 1. The Balaban J connectivity index is 1.93. The summed E-state index contributed by atoms with van der Waals surface area (Å²) in [7, 11) is 0. The van der Waals surface area contributed by atoms with Gasteiger partial charge in [-0.05, 0) is 34.7 Å². The predicted octanol–water partition coefficient (Wildman–Crippen LogP) is 0.842. The van der Waals surface area contributed by atoms with Crippen LogP contribution in [-0.2, 0) is 12.3 Å². The molecule has 0 saturated heterocycles. The van der Waals surface area contributed by atoms with Gasteiger partial charge in [0.05, 0.1) is 6.54 Å². The minimum Gasteiger partial charge on any atom is -0.315 e. The van der Waals surface area contributed by atoms with Gasteiger partial charge in [0.2, 0.25) is 5.16 Å². The lowest BCUT2D eigenvalue weighted by Crippen LogP contribution is -2.20. The van der Waals surface area contributed by atoms with Gasteiger partial charge in [0.15, 0.2) is 0 Å². The van der Waals surface area contributed by atoms with Gasteiger partial charge in [-0.15, -0.1) is 5.10 Å². The van der Waals surface area contributed by atoms with Gasteiger partial charge in [0.25, 0.3) is 0 Å². The molecule has 2 aromatic rings. The minimum absolute atomic E-state index is 0.426.